The average molecular weight is 250 g/mol. The Hall–Kier alpha value is -0.0800. The summed E-state index contributed by atoms with van der Waals surface area (Å²) in [5, 5.41) is 0. The number of hydrogen-bond acceptors (Lipinski definition) is 2. The maximum Gasteiger partial charge on any atom is 0.0337 e. The van der Waals surface area contributed by atoms with E-state index in [1.54, 1.807) is 0 Å². The van der Waals surface area contributed by atoms with Gasteiger partial charge in [-0.25, -0.2) is 0 Å². The lowest BCUT2D eigenvalue weighted by Crippen LogP contribution is -2.54. The highest BCUT2D eigenvalue weighted by Crippen LogP contribution is 2.48. The van der Waals surface area contributed by atoms with Crippen LogP contribution in [0.3, 0.4) is 0 Å². The van der Waals surface area contributed by atoms with Crippen LogP contribution in [0.15, 0.2) is 0 Å². The molecule has 3 saturated carbocycles. The molecule has 0 radical (unpaired) electrons. The molecule has 0 bridgehead atoms. The summed E-state index contributed by atoms with van der Waals surface area (Å²) >= 11 is 0. The van der Waals surface area contributed by atoms with Gasteiger partial charge in [0, 0.05) is 25.2 Å². The SMILES string of the molecule is CC1(C)CCC(CN)(N(CC2CC2)CC2CC2)C1. The minimum absolute atomic E-state index is 0.342. The lowest BCUT2D eigenvalue weighted by Gasteiger charge is -2.42. The molecule has 3 aliphatic rings. The molecule has 0 aromatic carbocycles. The van der Waals surface area contributed by atoms with E-state index in [2.05, 4.69) is 18.7 Å². The van der Waals surface area contributed by atoms with Crippen molar-refractivity contribution in [2.24, 2.45) is 23.0 Å². The fourth-order valence-electron chi connectivity index (χ4n) is 3.90. The standard InChI is InChI=1S/C16H30N2/c1-15(2)7-8-16(11-15,12-17)18(9-13-3-4-13)10-14-5-6-14/h13-14H,3-12,17H2,1-2H3. The summed E-state index contributed by atoms with van der Waals surface area (Å²) in [4.78, 5) is 2.83. The Labute approximate surface area is 112 Å². The molecule has 3 fully saturated rings. The first-order valence-corrected chi connectivity index (χ1v) is 7.98. The van der Waals surface area contributed by atoms with Gasteiger partial charge in [0.1, 0.15) is 0 Å². The van der Waals surface area contributed by atoms with Crippen LogP contribution >= 0.6 is 0 Å². The minimum Gasteiger partial charge on any atom is -0.329 e. The van der Waals surface area contributed by atoms with Crippen LogP contribution in [0.5, 0.6) is 0 Å². The van der Waals surface area contributed by atoms with Crippen molar-refractivity contribution in [1.29, 1.82) is 0 Å². The Bertz CT molecular complexity index is 290. The maximum atomic E-state index is 6.24. The first kappa shape index (κ1) is 12.9. The van der Waals surface area contributed by atoms with Gasteiger partial charge < -0.3 is 5.73 Å². The predicted octanol–water partition coefficient (Wildman–Crippen LogP) is 3.02. The maximum absolute atomic E-state index is 6.24. The molecular formula is C16H30N2. The largest absolute Gasteiger partial charge is 0.329 e. The van der Waals surface area contributed by atoms with Crippen LogP contribution in [0.1, 0.15) is 58.8 Å². The summed E-state index contributed by atoms with van der Waals surface area (Å²) in [6, 6.07) is 0. The molecule has 0 saturated heterocycles. The summed E-state index contributed by atoms with van der Waals surface area (Å²) in [5.41, 5.74) is 7.09. The van der Waals surface area contributed by atoms with E-state index < -0.39 is 0 Å². The van der Waals surface area contributed by atoms with Crippen molar-refractivity contribution >= 4 is 0 Å². The summed E-state index contributed by atoms with van der Waals surface area (Å²) in [7, 11) is 0. The van der Waals surface area contributed by atoms with E-state index in [9.17, 15) is 0 Å². The molecule has 2 heteroatoms. The van der Waals surface area contributed by atoms with E-state index in [1.165, 1.54) is 58.0 Å². The number of rotatable bonds is 6. The van der Waals surface area contributed by atoms with Gasteiger partial charge in [0.2, 0.25) is 0 Å². The lowest BCUT2D eigenvalue weighted by molar-refractivity contribution is 0.0779. The van der Waals surface area contributed by atoms with Crippen LogP contribution in [0.2, 0.25) is 0 Å². The molecule has 0 aromatic rings. The van der Waals surface area contributed by atoms with Gasteiger partial charge in [0.25, 0.3) is 0 Å². The molecule has 104 valence electrons. The summed E-state index contributed by atoms with van der Waals surface area (Å²) in [6.07, 6.45) is 9.86. The van der Waals surface area contributed by atoms with Gasteiger partial charge in [-0.15, -0.1) is 0 Å². The highest BCUT2D eigenvalue weighted by Gasteiger charge is 2.48. The molecule has 1 atom stereocenters. The molecule has 18 heavy (non-hydrogen) atoms. The average Bonchev–Trinajstić information content (AvgIpc) is 3.20. The predicted molar refractivity (Wildman–Crippen MR) is 76.4 cm³/mol. The van der Waals surface area contributed by atoms with E-state index in [-0.39, 0.29) is 0 Å². The smallest absolute Gasteiger partial charge is 0.0337 e. The fraction of sp³-hybridized carbons (Fsp3) is 1.00. The number of nitrogens with zero attached hydrogens (tertiary/aromatic N) is 1. The van der Waals surface area contributed by atoms with Gasteiger partial charge in [0.15, 0.2) is 0 Å². The zero-order valence-corrected chi connectivity index (χ0v) is 12.3. The van der Waals surface area contributed by atoms with Crippen LogP contribution in [0, 0.1) is 17.3 Å². The van der Waals surface area contributed by atoms with Crippen molar-refractivity contribution in [2.45, 2.75) is 64.3 Å². The van der Waals surface area contributed by atoms with Gasteiger partial charge in [0.05, 0.1) is 0 Å². The lowest BCUT2D eigenvalue weighted by atomic mass is 9.86. The third-order valence-corrected chi connectivity index (χ3v) is 5.48. The second kappa shape index (κ2) is 4.49. The Morgan fingerprint density at radius 1 is 1.00 bits per heavy atom. The second-order valence-electron chi connectivity index (χ2n) is 8.06. The summed E-state index contributed by atoms with van der Waals surface area (Å²) in [6.45, 7) is 8.40. The summed E-state index contributed by atoms with van der Waals surface area (Å²) in [5.74, 6) is 1.99. The molecule has 0 heterocycles. The Morgan fingerprint density at radius 2 is 1.56 bits per heavy atom. The van der Waals surface area contributed by atoms with Gasteiger partial charge >= 0.3 is 0 Å². The molecule has 0 amide bonds. The van der Waals surface area contributed by atoms with E-state index in [0.717, 1.165) is 18.4 Å². The Balaban J connectivity index is 1.72. The van der Waals surface area contributed by atoms with Crippen molar-refractivity contribution in [3.63, 3.8) is 0 Å². The molecule has 3 rings (SSSR count). The van der Waals surface area contributed by atoms with Crippen LogP contribution < -0.4 is 5.73 Å². The van der Waals surface area contributed by atoms with E-state index in [0.29, 0.717) is 11.0 Å². The molecule has 1 unspecified atom stereocenters. The Morgan fingerprint density at radius 3 is 1.89 bits per heavy atom. The quantitative estimate of drug-likeness (QED) is 0.785. The number of nitrogens with two attached hydrogens (primary N) is 1. The molecule has 2 N–H and O–H groups in total. The molecular weight excluding hydrogens is 220 g/mol. The summed E-state index contributed by atoms with van der Waals surface area (Å²) < 4.78 is 0. The van der Waals surface area contributed by atoms with Crippen molar-refractivity contribution in [2.75, 3.05) is 19.6 Å². The Kier molecular flexibility index (Phi) is 3.22. The van der Waals surface area contributed by atoms with Crippen molar-refractivity contribution in [3.8, 4) is 0 Å². The van der Waals surface area contributed by atoms with Crippen LogP contribution in [0.4, 0.5) is 0 Å². The van der Waals surface area contributed by atoms with Gasteiger partial charge in [-0.2, -0.15) is 0 Å². The highest BCUT2D eigenvalue weighted by atomic mass is 15.2. The third kappa shape index (κ3) is 2.75. The molecule has 3 aliphatic carbocycles. The first-order valence-electron chi connectivity index (χ1n) is 7.98. The molecule has 0 aliphatic heterocycles. The fourth-order valence-corrected chi connectivity index (χ4v) is 3.90. The van der Waals surface area contributed by atoms with Crippen LogP contribution in [0.25, 0.3) is 0 Å². The number of hydrogen-bond donors (Lipinski definition) is 1. The molecule has 0 aromatic heterocycles. The zero-order valence-electron chi connectivity index (χ0n) is 12.3. The van der Waals surface area contributed by atoms with E-state index >= 15 is 0 Å². The topological polar surface area (TPSA) is 29.3 Å². The highest BCUT2D eigenvalue weighted by molar-refractivity contribution is 5.04. The van der Waals surface area contributed by atoms with E-state index in [4.69, 9.17) is 5.73 Å². The van der Waals surface area contributed by atoms with Crippen molar-refractivity contribution in [1.82, 2.24) is 4.90 Å². The van der Waals surface area contributed by atoms with Crippen LogP contribution in [-0.4, -0.2) is 30.1 Å². The third-order valence-electron chi connectivity index (χ3n) is 5.48. The van der Waals surface area contributed by atoms with Gasteiger partial charge in [-0.1, -0.05) is 13.8 Å². The van der Waals surface area contributed by atoms with Crippen molar-refractivity contribution in [3.05, 3.63) is 0 Å². The second-order valence-corrected chi connectivity index (χ2v) is 8.06. The first-order chi connectivity index (χ1) is 8.53. The van der Waals surface area contributed by atoms with Gasteiger partial charge in [-0.3, -0.25) is 4.90 Å². The zero-order chi connectivity index (χ0) is 12.8. The van der Waals surface area contributed by atoms with E-state index in [1.807, 2.05) is 0 Å². The van der Waals surface area contributed by atoms with Crippen molar-refractivity contribution < 1.29 is 0 Å². The monoisotopic (exact) mass is 250 g/mol. The molecule has 2 nitrogen and oxygen atoms in total. The molecule has 0 spiro atoms. The normalized spacial score (nSPS) is 35.3. The van der Waals surface area contributed by atoms with Crippen LogP contribution in [-0.2, 0) is 0 Å². The minimum atomic E-state index is 0.342. The van der Waals surface area contributed by atoms with Gasteiger partial charge in [-0.05, 0) is 62.2 Å².